The highest BCUT2D eigenvalue weighted by Crippen LogP contribution is 2.28. The van der Waals surface area contributed by atoms with Crippen LogP contribution in [-0.4, -0.2) is 18.0 Å². The van der Waals surface area contributed by atoms with E-state index in [4.69, 9.17) is 5.73 Å². The highest BCUT2D eigenvalue weighted by atomic mass is 35.5. The number of nitrogens with one attached hydrogen (secondary N) is 1. The van der Waals surface area contributed by atoms with E-state index >= 15 is 0 Å². The van der Waals surface area contributed by atoms with Gasteiger partial charge < -0.3 is 11.1 Å². The quantitative estimate of drug-likeness (QED) is 0.820. The average Bonchev–Trinajstić information content (AvgIpc) is 2.14. The van der Waals surface area contributed by atoms with Crippen molar-refractivity contribution in [2.45, 2.75) is 59.0 Å². The summed E-state index contributed by atoms with van der Waals surface area (Å²) in [6, 6.07) is -0.0383. The van der Waals surface area contributed by atoms with Crippen LogP contribution in [0.5, 0.6) is 0 Å². The fraction of sp³-hybridized carbons (Fsp3) is 0.923. The molecule has 1 amide bonds. The molecule has 0 aromatic carbocycles. The summed E-state index contributed by atoms with van der Waals surface area (Å²) in [5, 5.41) is 3.10. The summed E-state index contributed by atoms with van der Waals surface area (Å²) in [4.78, 5) is 11.8. The van der Waals surface area contributed by atoms with Gasteiger partial charge in [0, 0.05) is 6.04 Å². The number of halogens is 1. The molecule has 4 heteroatoms. The van der Waals surface area contributed by atoms with Crippen molar-refractivity contribution in [2.24, 2.45) is 23.5 Å². The predicted octanol–water partition coefficient (Wildman–Crippen LogP) is 2.33. The summed E-state index contributed by atoms with van der Waals surface area (Å²) in [5.41, 5.74) is 5.83. The van der Waals surface area contributed by atoms with E-state index in [1.807, 2.05) is 13.8 Å². The van der Waals surface area contributed by atoms with Crippen LogP contribution in [0.1, 0.15) is 47.0 Å². The Morgan fingerprint density at radius 2 is 1.65 bits per heavy atom. The van der Waals surface area contributed by atoms with E-state index in [1.165, 1.54) is 6.42 Å². The molecule has 1 fully saturated rings. The van der Waals surface area contributed by atoms with Crippen molar-refractivity contribution in [2.75, 3.05) is 0 Å². The van der Waals surface area contributed by atoms with Crippen molar-refractivity contribution >= 4 is 18.3 Å². The van der Waals surface area contributed by atoms with Gasteiger partial charge in [-0.1, -0.05) is 27.7 Å². The van der Waals surface area contributed by atoms with E-state index in [0.717, 1.165) is 12.8 Å². The number of hydrogen-bond acceptors (Lipinski definition) is 2. The van der Waals surface area contributed by atoms with E-state index in [2.05, 4.69) is 19.2 Å². The lowest BCUT2D eigenvalue weighted by Gasteiger charge is -2.32. The van der Waals surface area contributed by atoms with Crippen molar-refractivity contribution in [1.29, 1.82) is 0 Å². The topological polar surface area (TPSA) is 55.1 Å². The van der Waals surface area contributed by atoms with Crippen LogP contribution in [0.15, 0.2) is 0 Å². The third-order valence-electron chi connectivity index (χ3n) is 3.55. The Hall–Kier alpha value is -0.280. The van der Waals surface area contributed by atoms with E-state index in [0.29, 0.717) is 17.9 Å². The number of carbonyl (C=O) groups is 1. The highest BCUT2D eigenvalue weighted by molar-refractivity contribution is 5.85. The number of hydrogen-bond donors (Lipinski definition) is 2. The van der Waals surface area contributed by atoms with Gasteiger partial charge in [0.1, 0.15) is 0 Å². The van der Waals surface area contributed by atoms with Crippen molar-refractivity contribution in [3.05, 3.63) is 0 Å². The zero-order valence-electron chi connectivity index (χ0n) is 11.4. The van der Waals surface area contributed by atoms with Gasteiger partial charge in [-0.3, -0.25) is 4.79 Å². The molecule has 3 N–H and O–H groups in total. The molecular weight excluding hydrogens is 236 g/mol. The van der Waals surface area contributed by atoms with Crippen molar-refractivity contribution < 1.29 is 4.79 Å². The van der Waals surface area contributed by atoms with E-state index in [9.17, 15) is 4.79 Å². The molecule has 3 unspecified atom stereocenters. The second kappa shape index (κ2) is 7.22. The van der Waals surface area contributed by atoms with Crippen LogP contribution >= 0.6 is 12.4 Å². The number of carbonyl (C=O) groups excluding carboxylic acids is 1. The molecule has 0 saturated heterocycles. The Balaban J connectivity index is 0.00000256. The van der Waals surface area contributed by atoms with E-state index in [1.54, 1.807) is 0 Å². The third-order valence-corrected chi connectivity index (χ3v) is 3.55. The Morgan fingerprint density at radius 1 is 1.18 bits per heavy atom. The summed E-state index contributed by atoms with van der Waals surface area (Å²) in [7, 11) is 0. The first-order chi connectivity index (χ1) is 7.40. The summed E-state index contributed by atoms with van der Waals surface area (Å²) in [6.45, 7) is 8.49. The van der Waals surface area contributed by atoms with Crippen molar-refractivity contribution in [3.8, 4) is 0 Å². The van der Waals surface area contributed by atoms with Gasteiger partial charge in [-0.2, -0.15) is 0 Å². The van der Waals surface area contributed by atoms with Gasteiger partial charge in [-0.05, 0) is 37.0 Å². The molecule has 102 valence electrons. The van der Waals surface area contributed by atoms with Crippen LogP contribution in [-0.2, 0) is 4.79 Å². The Kier molecular flexibility index (Phi) is 7.10. The first kappa shape index (κ1) is 16.7. The molecule has 0 bridgehead atoms. The van der Waals surface area contributed by atoms with Crippen LogP contribution in [0.25, 0.3) is 0 Å². The van der Waals surface area contributed by atoms with E-state index < -0.39 is 0 Å². The van der Waals surface area contributed by atoms with Gasteiger partial charge in [0.2, 0.25) is 5.91 Å². The first-order valence-corrected chi connectivity index (χ1v) is 6.46. The standard InChI is InChI=1S/C13H26N2O.ClH/c1-8(2)12(14)13(16)15-11-6-9(3)5-10(4)7-11;/h8-12H,5-7,14H2,1-4H3,(H,15,16);1H. The van der Waals surface area contributed by atoms with Crippen molar-refractivity contribution in [1.82, 2.24) is 5.32 Å². The zero-order chi connectivity index (χ0) is 12.3. The van der Waals surface area contributed by atoms with Crippen molar-refractivity contribution in [3.63, 3.8) is 0 Å². The maximum Gasteiger partial charge on any atom is 0.237 e. The smallest absolute Gasteiger partial charge is 0.237 e. The minimum atomic E-state index is -0.368. The van der Waals surface area contributed by atoms with Gasteiger partial charge >= 0.3 is 0 Å². The fourth-order valence-electron chi connectivity index (χ4n) is 2.66. The molecule has 0 spiro atoms. The summed E-state index contributed by atoms with van der Waals surface area (Å²) < 4.78 is 0. The Labute approximate surface area is 111 Å². The molecule has 3 atom stereocenters. The zero-order valence-corrected chi connectivity index (χ0v) is 12.2. The fourth-order valence-corrected chi connectivity index (χ4v) is 2.66. The van der Waals surface area contributed by atoms with Gasteiger partial charge in [0.15, 0.2) is 0 Å². The molecule has 0 aromatic rings. The lowest BCUT2D eigenvalue weighted by Crippen LogP contribution is -2.49. The van der Waals surface area contributed by atoms with Gasteiger partial charge in [-0.15, -0.1) is 12.4 Å². The summed E-state index contributed by atoms with van der Waals surface area (Å²) in [5.74, 6) is 1.65. The second-order valence-electron chi connectivity index (χ2n) is 5.89. The lowest BCUT2D eigenvalue weighted by atomic mass is 9.80. The second-order valence-corrected chi connectivity index (χ2v) is 5.89. The predicted molar refractivity (Wildman–Crippen MR) is 74.2 cm³/mol. The number of rotatable bonds is 3. The Bertz CT molecular complexity index is 236. The van der Waals surface area contributed by atoms with Crippen LogP contribution < -0.4 is 11.1 Å². The molecule has 1 aliphatic carbocycles. The molecule has 0 radical (unpaired) electrons. The molecule has 1 aliphatic rings. The molecule has 17 heavy (non-hydrogen) atoms. The number of nitrogens with two attached hydrogens (primary N) is 1. The monoisotopic (exact) mass is 262 g/mol. The lowest BCUT2D eigenvalue weighted by molar-refractivity contribution is -0.124. The SMILES string of the molecule is CC1CC(C)CC(NC(=O)C(N)C(C)C)C1.Cl. The minimum Gasteiger partial charge on any atom is -0.352 e. The first-order valence-electron chi connectivity index (χ1n) is 6.46. The highest BCUT2D eigenvalue weighted by Gasteiger charge is 2.27. The maximum absolute atomic E-state index is 11.8. The molecule has 0 aromatic heterocycles. The summed E-state index contributed by atoms with van der Waals surface area (Å²) in [6.07, 6.45) is 3.48. The molecular formula is C13H27ClN2O. The molecule has 1 saturated carbocycles. The maximum atomic E-state index is 11.8. The molecule has 1 rings (SSSR count). The van der Waals surface area contributed by atoms with Gasteiger partial charge in [0.05, 0.1) is 6.04 Å². The molecule has 0 heterocycles. The number of amides is 1. The largest absolute Gasteiger partial charge is 0.352 e. The van der Waals surface area contributed by atoms with Gasteiger partial charge in [-0.25, -0.2) is 0 Å². The van der Waals surface area contributed by atoms with Crippen LogP contribution in [0.3, 0.4) is 0 Å². The molecule has 0 aliphatic heterocycles. The van der Waals surface area contributed by atoms with Crippen LogP contribution in [0.2, 0.25) is 0 Å². The summed E-state index contributed by atoms with van der Waals surface area (Å²) >= 11 is 0. The van der Waals surface area contributed by atoms with Crippen LogP contribution in [0.4, 0.5) is 0 Å². The minimum absolute atomic E-state index is 0. The Morgan fingerprint density at radius 3 is 2.06 bits per heavy atom. The van der Waals surface area contributed by atoms with Gasteiger partial charge in [0.25, 0.3) is 0 Å². The molecule has 3 nitrogen and oxygen atoms in total. The third kappa shape index (κ3) is 5.26. The normalized spacial score (nSPS) is 30.6. The average molecular weight is 263 g/mol. The van der Waals surface area contributed by atoms with E-state index in [-0.39, 0.29) is 30.3 Å². The van der Waals surface area contributed by atoms with Crippen LogP contribution in [0, 0.1) is 17.8 Å².